The third-order valence-electron chi connectivity index (χ3n) is 5.38. The van der Waals surface area contributed by atoms with Gasteiger partial charge in [0.2, 0.25) is 5.91 Å². The average molecular weight is 487 g/mol. The molecule has 0 radical (unpaired) electrons. The van der Waals surface area contributed by atoms with Crippen LogP contribution in [0.3, 0.4) is 0 Å². The molecule has 2 saturated heterocycles. The van der Waals surface area contributed by atoms with Gasteiger partial charge in [0.25, 0.3) is 11.6 Å². The summed E-state index contributed by atoms with van der Waals surface area (Å²) in [5, 5.41) is 12.1. The molecule has 0 unspecified atom stereocenters. The molecule has 172 valence electrons. The van der Waals surface area contributed by atoms with Gasteiger partial charge in [0.1, 0.15) is 11.5 Å². The Bertz CT molecular complexity index is 1120. The first-order chi connectivity index (χ1) is 15.9. The van der Waals surface area contributed by atoms with Crippen molar-refractivity contribution in [3.05, 3.63) is 57.2 Å². The summed E-state index contributed by atoms with van der Waals surface area (Å²) in [6, 6.07) is 9.44. The molecule has 0 saturated carbocycles. The topological polar surface area (TPSA) is 109 Å². The van der Waals surface area contributed by atoms with Gasteiger partial charge in [-0.3, -0.25) is 25.1 Å². The minimum absolute atomic E-state index is 0.0395. The summed E-state index contributed by atoms with van der Waals surface area (Å²) >= 11 is 6.34. The van der Waals surface area contributed by atoms with E-state index in [9.17, 15) is 19.7 Å². The maximum absolute atomic E-state index is 12.8. The van der Waals surface area contributed by atoms with Crippen LogP contribution in [0.2, 0.25) is 0 Å². The highest BCUT2D eigenvalue weighted by Crippen LogP contribution is 2.33. The second-order valence-corrected chi connectivity index (χ2v) is 9.39. The quantitative estimate of drug-likeness (QED) is 0.271. The van der Waals surface area contributed by atoms with Crippen LogP contribution in [0.5, 0.6) is 0 Å². The third kappa shape index (κ3) is 5.67. The van der Waals surface area contributed by atoms with E-state index in [1.54, 1.807) is 30.3 Å². The Labute approximate surface area is 199 Å². The number of furan rings is 1. The number of rotatable bonds is 7. The first kappa shape index (κ1) is 23.1. The summed E-state index contributed by atoms with van der Waals surface area (Å²) in [4.78, 5) is 38.2. The molecule has 2 aliphatic rings. The Kier molecular flexibility index (Phi) is 7.21. The Hall–Kier alpha value is -3.02. The normalized spacial score (nSPS) is 18.2. The molecule has 1 N–H and O–H groups in total. The van der Waals surface area contributed by atoms with Crippen LogP contribution in [0.15, 0.2) is 45.7 Å². The van der Waals surface area contributed by atoms with Gasteiger partial charge in [-0.1, -0.05) is 30.3 Å². The number of nitro benzene ring substituents is 1. The van der Waals surface area contributed by atoms with E-state index in [0.717, 1.165) is 42.7 Å². The van der Waals surface area contributed by atoms with E-state index < -0.39 is 10.8 Å². The molecule has 33 heavy (non-hydrogen) atoms. The molecule has 4 rings (SSSR count). The number of thioether (sulfide) groups is 1. The van der Waals surface area contributed by atoms with Crippen molar-refractivity contribution in [2.75, 3.05) is 19.6 Å². The Balaban J connectivity index is 1.39. The highest BCUT2D eigenvalue weighted by Gasteiger charge is 2.34. The minimum Gasteiger partial charge on any atom is -0.457 e. The van der Waals surface area contributed by atoms with Crippen molar-refractivity contribution in [1.82, 2.24) is 15.3 Å². The van der Waals surface area contributed by atoms with E-state index in [1.165, 1.54) is 18.6 Å². The zero-order valence-electron chi connectivity index (χ0n) is 17.7. The van der Waals surface area contributed by atoms with Gasteiger partial charge < -0.3 is 9.32 Å². The van der Waals surface area contributed by atoms with E-state index in [0.29, 0.717) is 35.0 Å². The fraction of sp³-hybridized carbons (Fsp3) is 0.318. The molecule has 0 bridgehead atoms. The van der Waals surface area contributed by atoms with Crippen LogP contribution in [-0.2, 0) is 9.59 Å². The lowest BCUT2D eigenvalue weighted by molar-refractivity contribution is -0.384. The van der Waals surface area contributed by atoms with E-state index in [-0.39, 0.29) is 15.9 Å². The van der Waals surface area contributed by atoms with Crippen molar-refractivity contribution in [2.24, 2.45) is 0 Å². The van der Waals surface area contributed by atoms with Crippen molar-refractivity contribution in [1.29, 1.82) is 0 Å². The van der Waals surface area contributed by atoms with Gasteiger partial charge in [-0.15, -0.1) is 0 Å². The number of piperidine rings is 1. The first-order valence-electron chi connectivity index (χ1n) is 10.6. The predicted molar refractivity (Wildman–Crippen MR) is 129 cm³/mol. The molecule has 2 fully saturated rings. The molecule has 0 atom stereocenters. The summed E-state index contributed by atoms with van der Waals surface area (Å²) in [7, 11) is 0. The van der Waals surface area contributed by atoms with Gasteiger partial charge in [0, 0.05) is 36.7 Å². The van der Waals surface area contributed by atoms with E-state index in [4.69, 9.17) is 16.6 Å². The smallest absolute Gasteiger partial charge is 0.285 e. The van der Waals surface area contributed by atoms with Crippen LogP contribution in [-0.4, -0.2) is 50.6 Å². The van der Waals surface area contributed by atoms with E-state index in [1.807, 2.05) is 0 Å². The summed E-state index contributed by atoms with van der Waals surface area (Å²) in [5.41, 5.74) is 3.12. The molecule has 1 aromatic carbocycles. The fourth-order valence-corrected chi connectivity index (χ4v) is 4.83. The van der Waals surface area contributed by atoms with Crippen LogP contribution >= 0.6 is 24.0 Å². The van der Waals surface area contributed by atoms with Crippen molar-refractivity contribution in [3.8, 4) is 11.3 Å². The van der Waals surface area contributed by atoms with Gasteiger partial charge >= 0.3 is 0 Å². The lowest BCUT2D eigenvalue weighted by atomic mass is 10.1. The van der Waals surface area contributed by atoms with Gasteiger partial charge in [0.05, 0.1) is 9.83 Å². The Morgan fingerprint density at radius 1 is 1.24 bits per heavy atom. The number of nitrogens with zero attached hydrogens (tertiary/aromatic N) is 3. The zero-order chi connectivity index (χ0) is 23.4. The largest absolute Gasteiger partial charge is 0.457 e. The van der Waals surface area contributed by atoms with Gasteiger partial charge in [-0.05, 0) is 50.3 Å². The van der Waals surface area contributed by atoms with Crippen molar-refractivity contribution in [2.45, 2.75) is 25.7 Å². The van der Waals surface area contributed by atoms with Crippen LogP contribution in [0.1, 0.15) is 31.4 Å². The number of nitrogens with one attached hydrogen (secondary N) is 1. The number of carbonyl (C=O) groups is 2. The number of nitro groups is 1. The Morgan fingerprint density at radius 3 is 2.79 bits per heavy atom. The number of hydrogen-bond acceptors (Lipinski definition) is 8. The van der Waals surface area contributed by atoms with Crippen LogP contribution < -0.4 is 5.43 Å². The average Bonchev–Trinajstić information content (AvgIpc) is 3.39. The van der Waals surface area contributed by atoms with Gasteiger partial charge in [-0.2, -0.15) is 5.01 Å². The zero-order valence-corrected chi connectivity index (χ0v) is 19.3. The summed E-state index contributed by atoms with van der Waals surface area (Å²) < 4.78 is 5.99. The number of likely N-dealkylation sites (tertiary alicyclic amines) is 1. The number of non-ortho nitro benzene ring substituents is 1. The molecule has 3 heterocycles. The number of carbonyl (C=O) groups excluding carboxylic acids is 2. The van der Waals surface area contributed by atoms with Crippen LogP contribution in [0, 0.1) is 10.1 Å². The van der Waals surface area contributed by atoms with Crippen molar-refractivity contribution >= 4 is 51.9 Å². The molecular weight excluding hydrogens is 464 g/mol. The molecule has 0 spiro atoms. The number of hydrazine groups is 1. The SMILES string of the molecule is O=C(CCN1CCCCC1)NN1C(=O)C(=Cc2ccc(-c3cccc([N+](=O)[O-])c3)o2)SC1=S. The van der Waals surface area contributed by atoms with Crippen molar-refractivity contribution < 1.29 is 18.9 Å². The molecular formula is C22H22N4O5S2. The molecule has 2 amide bonds. The molecule has 2 aliphatic heterocycles. The fourth-order valence-electron chi connectivity index (χ4n) is 3.67. The predicted octanol–water partition coefficient (Wildman–Crippen LogP) is 3.96. The van der Waals surface area contributed by atoms with Crippen LogP contribution in [0.4, 0.5) is 5.69 Å². The summed E-state index contributed by atoms with van der Waals surface area (Å²) in [5.74, 6) is 0.147. The second-order valence-electron chi connectivity index (χ2n) is 7.71. The lowest BCUT2D eigenvalue weighted by Gasteiger charge is -2.26. The van der Waals surface area contributed by atoms with Crippen molar-refractivity contribution in [3.63, 3.8) is 0 Å². The van der Waals surface area contributed by atoms with Gasteiger partial charge in [0.15, 0.2) is 4.32 Å². The first-order valence-corrected chi connectivity index (χ1v) is 11.8. The standard InChI is InChI=1S/C22H22N4O5S2/c27-20(9-12-24-10-2-1-3-11-24)23-25-21(28)19(33-22(25)32)14-17-7-8-18(31-17)15-5-4-6-16(13-15)26(29)30/h4-8,13-14H,1-3,9-12H2,(H,23,27). The second kappa shape index (κ2) is 10.3. The maximum Gasteiger partial charge on any atom is 0.285 e. The number of benzene rings is 1. The number of thiocarbonyl (C=S) groups is 1. The molecule has 0 aliphatic carbocycles. The molecule has 9 nitrogen and oxygen atoms in total. The monoisotopic (exact) mass is 486 g/mol. The van der Waals surface area contributed by atoms with Crippen LogP contribution in [0.25, 0.3) is 17.4 Å². The highest BCUT2D eigenvalue weighted by molar-refractivity contribution is 8.26. The molecule has 1 aromatic heterocycles. The highest BCUT2D eigenvalue weighted by atomic mass is 32.2. The summed E-state index contributed by atoms with van der Waals surface area (Å²) in [6.07, 6.45) is 5.36. The molecule has 2 aromatic rings. The number of hydrogen-bond donors (Lipinski definition) is 1. The van der Waals surface area contributed by atoms with E-state index in [2.05, 4.69) is 10.3 Å². The Morgan fingerprint density at radius 2 is 2.03 bits per heavy atom. The van der Waals surface area contributed by atoms with E-state index >= 15 is 0 Å². The lowest BCUT2D eigenvalue weighted by Crippen LogP contribution is -2.46. The number of amides is 2. The minimum atomic E-state index is -0.473. The maximum atomic E-state index is 12.8. The molecule has 11 heteroatoms. The van der Waals surface area contributed by atoms with Gasteiger partial charge in [-0.25, -0.2) is 0 Å². The third-order valence-corrected chi connectivity index (χ3v) is 6.68. The summed E-state index contributed by atoms with van der Waals surface area (Å²) in [6.45, 7) is 2.65.